The monoisotopic (exact) mass is 354 g/mol. The van der Waals surface area contributed by atoms with Gasteiger partial charge in [-0.15, -0.1) is 0 Å². The molecule has 0 radical (unpaired) electrons. The molecule has 4 fully saturated rings. The van der Waals surface area contributed by atoms with Gasteiger partial charge in [-0.2, -0.15) is 0 Å². The number of ether oxygens (including phenoxy) is 1. The van der Waals surface area contributed by atoms with E-state index in [1.54, 1.807) is 0 Å². The van der Waals surface area contributed by atoms with Gasteiger partial charge in [0.2, 0.25) is 5.92 Å². The van der Waals surface area contributed by atoms with Gasteiger partial charge in [-0.1, -0.05) is 13.8 Å². The summed E-state index contributed by atoms with van der Waals surface area (Å²) in [5, 5.41) is 0. The smallest absolute Gasteiger partial charge is 0.248 e. The van der Waals surface area contributed by atoms with E-state index in [-0.39, 0.29) is 24.2 Å². The van der Waals surface area contributed by atoms with Crippen LogP contribution in [-0.2, 0) is 4.74 Å². The standard InChI is InChI=1S/C22H36F2O/c1-14(2)25-19-8-7-17-16-6-5-15-13-22(23,24)12-11-20(15,3)18(16)9-10-21(17,19)4/h14-19H,5-13H2,1-4H3/t15-,16-,17-,18-,19-,20?,21-/m0/s1. The number of hydrogen-bond donors (Lipinski definition) is 0. The van der Waals surface area contributed by atoms with Gasteiger partial charge in [-0.05, 0) is 93.3 Å². The summed E-state index contributed by atoms with van der Waals surface area (Å²) in [5.74, 6) is -0.0177. The maximum Gasteiger partial charge on any atom is 0.248 e. The Bertz CT molecular complexity index is 518. The van der Waals surface area contributed by atoms with Crippen molar-refractivity contribution < 1.29 is 13.5 Å². The first kappa shape index (κ1) is 18.2. The van der Waals surface area contributed by atoms with Crippen LogP contribution >= 0.6 is 0 Å². The average Bonchev–Trinajstić information content (AvgIpc) is 2.84. The van der Waals surface area contributed by atoms with Crippen molar-refractivity contribution in [2.24, 2.45) is 34.5 Å². The van der Waals surface area contributed by atoms with E-state index in [0.29, 0.717) is 23.5 Å². The zero-order valence-electron chi connectivity index (χ0n) is 16.5. The predicted molar refractivity (Wildman–Crippen MR) is 96.7 cm³/mol. The maximum atomic E-state index is 14.0. The minimum atomic E-state index is -2.41. The molecule has 7 atom stereocenters. The molecule has 0 amide bonds. The molecule has 0 aromatic carbocycles. The highest BCUT2D eigenvalue weighted by atomic mass is 19.3. The number of alkyl halides is 2. The van der Waals surface area contributed by atoms with Crippen molar-refractivity contribution in [1.82, 2.24) is 0 Å². The van der Waals surface area contributed by atoms with Gasteiger partial charge in [-0.3, -0.25) is 0 Å². The van der Waals surface area contributed by atoms with E-state index in [0.717, 1.165) is 24.7 Å². The SMILES string of the molecule is CC(C)O[C@H]1CC[C@H]2[C@@H]3CC[C@H]4CC(F)(F)CCC4(C)[C@H]3CC[C@]12C. The lowest BCUT2D eigenvalue weighted by atomic mass is 9.45. The van der Waals surface area contributed by atoms with Crippen molar-refractivity contribution in [2.75, 3.05) is 0 Å². The molecule has 3 heteroatoms. The van der Waals surface area contributed by atoms with E-state index in [1.165, 1.54) is 32.1 Å². The summed E-state index contributed by atoms with van der Waals surface area (Å²) >= 11 is 0. The maximum absolute atomic E-state index is 14.0. The van der Waals surface area contributed by atoms with Gasteiger partial charge >= 0.3 is 0 Å². The van der Waals surface area contributed by atoms with E-state index in [2.05, 4.69) is 27.7 Å². The molecule has 0 spiro atoms. The van der Waals surface area contributed by atoms with Crippen molar-refractivity contribution in [3.05, 3.63) is 0 Å². The van der Waals surface area contributed by atoms with Crippen LogP contribution in [0.25, 0.3) is 0 Å². The Kier molecular flexibility index (Phi) is 4.30. The number of halogens is 2. The van der Waals surface area contributed by atoms with Gasteiger partial charge in [0, 0.05) is 12.8 Å². The lowest BCUT2D eigenvalue weighted by Crippen LogP contribution is -2.55. The third-order valence-electron chi connectivity index (χ3n) is 8.99. The fraction of sp³-hybridized carbons (Fsp3) is 1.00. The minimum Gasteiger partial charge on any atom is -0.375 e. The van der Waals surface area contributed by atoms with Crippen LogP contribution in [-0.4, -0.2) is 18.1 Å². The fourth-order valence-corrected chi connectivity index (χ4v) is 7.68. The van der Waals surface area contributed by atoms with Crippen LogP contribution < -0.4 is 0 Å². The largest absolute Gasteiger partial charge is 0.375 e. The fourth-order valence-electron chi connectivity index (χ4n) is 7.68. The summed E-state index contributed by atoms with van der Waals surface area (Å²) in [4.78, 5) is 0. The van der Waals surface area contributed by atoms with Crippen LogP contribution in [0, 0.1) is 34.5 Å². The molecule has 1 unspecified atom stereocenters. The molecule has 0 aromatic rings. The van der Waals surface area contributed by atoms with Crippen LogP contribution in [0.2, 0.25) is 0 Å². The molecule has 0 aromatic heterocycles. The summed E-state index contributed by atoms with van der Waals surface area (Å²) < 4.78 is 34.3. The Morgan fingerprint density at radius 2 is 1.56 bits per heavy atom. The third-order valence-corrected chi connectivity index (χ3v) is 8.99. The second-order valence-electron chi connectivity index (χ2n) is 10.5. The van der Waals surface area contributed by atoms with E-state index in [9.17, 15) is 8.78 Å². The van der Waals surface area contributed by atoms with Gasteiger partial charge in [0.05, 0.1) is 12.2 Å². The van der Waals surface area contributed by atoms with E-state index in [1.807, 2.05) is 0 Å². The summed E-state index contributed by atoms with van der Waals surface area (Å²) in [7, 11) is 0. The number of rotatable bonds is 2. The van der Waals surface area contributed by atoms with Crippen molar-refractivity contribution in [2.45, 2.75) is 104 Å². The summed E-state index contributed by atoms with van der Waals surface area (Å²) in [5.41, 5.74) is 0.468. The molecule has 0 saturated heterocycles. The van der Waals surface area contributed by atoms with Crippen molar-refractivity contribution in [3.8, 4) is 0 Å². The molecule has 0 aliphatic heterocycles. The zero-order valence-corrected chi connectivity index (χ0v) is 16.5. The average molecular weight is 355 g/mol. The van der Waals surface area contributed by atoms with E-state index >= 15 is 0 Å². The van der Waals surface area contributed by atoms with Crippen molar-refractivity contribution in [3.63, 3.8) is 0 Å². The molecule has 1 nitrogen and oxygen atoms in total. The molecular formula is C22H36F2O. The first-order valence-corrected chi connectivity index (χ1v) is 10.7. The van der Waals surface area contributed by atoms with Crippen molar-refractivity contribution >= 4 is 0 Å². The first-order chi connectivity index (χ1) is 11.7. The molecular weight excluding hydrogens is 318 g/mol. The Morgan fingerprint density at radius 1 is 0.840 bits per heavy atom. The van der Waals surface area contributed by atoms with Crippen LogP contribution in [0.1, 0.15) is 85.5 Å². The molecule has 25 heavy (non-hydrogen) atoms. The quantitative estimate of drug-likeness (QED) is 0.553. The minimum absolute atomic E-state index is 0.115. The first-order valence-electron chi connectivity index (χ1n) is 10.7. The van der Waals surface area contributed by atoms with Gasteiger partial charge in [-0.25, -0.2) is 8.78 Å². The second-order valence-corrected chi connectivity index (χ2v) is 10.5. The second kappa shape index (κ2) is 5.91. The van der Waals surface area contributed by atoms with Crippen LogP contribution in [0.3, 0.4) is 0 Å². The molecule has 4 aliphatic carbocycles. The topological polar surface area (TPSA) is 9.23 Å². The van der Waals surface area contributed by atoms with Crippen LogP contribution in [0.15, 0.2) is 0 Å². The highest BCUT2D eigenvalue weighted by molar-refractivity contribution is 5.10. The molecule has 144 valence electrons. The lowest BCUT2D eigenvalue weighted by molar-refractivity contribution is -0.172. The Labute approximate surface area is 152 Å². The lowest BCUT2D eigenvalue weighted by Gasteiger charge is -2.61. The Hall–Kier alpha value is -0.180. The van der Waals surface area contributed by atoms with Gasteiger partial charge < -0.3 is 4.74 Å². The van der Waals surface area contributed by atoms with E-state index < -0.39 is 5.92 Å². The van der Waals surface area contributed by atoms with Crippen LogP contribution in [0.4, 0.5) is 8.78 Å². The molecule has 4 rings (SSSR count). The van der Waals surface area contributed by atoms with Gasteiger partial charge in [0.15, 0.2) is 0 Å². The van der Waals surface area contributed by atoms with Gasteiger partial charge in [0.1, 0.15) is 0 Å². The number of fused-ring (bicyclic) bond motifs is 5. The zero-order chi connectivity index (χ0) is 18.0. The normalized spacial score (nSPS) is 51.7. The molecule has 4 saturated carbocycles. The van der Waals surface area contributed by atoms with E-state index in [4.69, 9.17) is 4.74 Å². The third kappa shape index (κ3) is 2.78. The molecule has 4 aliphatic rings. The highest BCUT2D eigenvalue weighted by Gasteiger charge is 2.62. The molecule has 0 heterocycles. The highest BCUT2D eigenvalue weighted by Crippen LogP contribution is 2.67. The van der Waals surface area contributed by atoms with Crippen LogP contribution in [0.5, 0.6) is 0 Å². The summed E-state index contributed by atoms with van der Waals surface area (Å²) in [6, 6.07) is 0. The van der Waals surface area contributed by atoms with Crippen molar-refractivity contribution in [1.29, 1.82) is 0 Å². The number of hydrogen-bond acceptors (Lipinski definition) is 1. The van der Waals surface area contributed by atoms with Gasteiger partial charge in [0.25, 0.3) is 0 Å². The molecule has 0 N–H and O–H groups in total. The summed E-state index contributed by atoms with van der Waals surface area (Å²) in [6.07, 6.45) is 8.84. The summed E-state index contributed by atoms with van der Waals surface area (Å²) in [6.45, 7) is 9.13. The molecule has 0 bridgehead atoms. The predicted octanol–water partition coefficient (Wildman–Crippen LogP) is 6.46. The Morgan fingerprint density at radius 3 is 2.28 bits per heavy atom. The Balaban J connectivity index is 1.56.